The van der Waals surface area contributed by atoms with Crippen molar-refractivity contribution in [3.63, 3.8) is 0 Å². The van der Waals surface area contributed by atoms with Crippen molar-refractivity contribution in [2.75, 3.05) is 6.54 Å². The Balaban J connectivity index is 1.48. The molecule has 1 heterocycles. The molecule has 32 heavy (non-hydrogen) atoms. The Morgan fingerprint density at radius 1 is 0.969 bits per heavy atom. The van der Waals surface area contributed by atoms with Crippen LogP contribution in [-0.4, -0.2) is 46.4 Å². The molecule has 3 amide bonds. The molecule has 2 fully saturated rings. The lowest BCUT2D eigenvalue weighted by atomic mass is 9.80. The van der Waals surface area contributed by atoms with Crippen LogP contribution >= 0.6 is 0 Å². The molecule has 2 aliphatic rings. The summed E-state index contributed by atoms with van der Waals surface area (Å²) in [5.41, 5.74) is 1.01. The minimum Gasteiger partial charge on any atom is -0.323 e. The van der Waals surface area contributed by atoms with Crippen molar-refractivity contribution in [3.05, 3.63) is 59.7 Å². The molecule has 2 aromatic carbocycles. The van der Waals surface area contributed by atoms with Crippen LogP contribution in [0.3, 0.4) is 0 Å². The summed E-state index contributed by atoms with van der Waals surface area (Å²) in [6, 6.07) is 12.9. The number of benzene rings is 2. The topological polar surface area (TPSA) is 83.6 Å². The number of urea groups is 1. The number of amides is 3. The van der Waals surface area contributed by atoms with Gasteiger partial charge in [0.05, 0.1) is 6.54 Å². The van der Waals surface area contributed by atoms with Crippen LogP contribution in [0.5, 0.6) is 0 Å². The third kappa shape index (κ3) is 3.92. The lowest BCUT2D eigenvalue weighted by Gasteiger charge is -2.34. The summed E-state index contributed by atoms with van der Waals surface area (Å²) in [6.07, 6.45) is -1.27. The predicted octanol–water partition coefficient (Wildman–Crippen LogP) is 4.24. The van der Waals surface area contributed by atoms with E-state index in [2.05, 4.69) is 5.32 Å². The fourth-order valence-electron chi connectivity index (χ4n) is 4.31. The first-order chi connectivity index (χ1) is 15.1. The van der Waals surface area contributed by atoms with E-state index in [4.69, 9.17) is 0 Å². The van der Waals surface area contributed by atoms with Crippen molar-refractivity contribution in [2.24, 2.45) is 0 Å². The molecule has 0 radical (unpaired) electrons. The number of rotatable bonds is 5. The quantitative estimate of drug-likeness (QED) is 0.557. The molecule has 1 N–H and O–H groups in total. The maximum absolute atomic E-state index is 13.5. The minimum absolute atomic E-state index is 0.0753. The maximum atomic E-state index is 13.5. The Labute approximate surface area is 183 Å². The highest BCUT2D eigenvalue weighted by Gasteiger charge is 2.55. The second kappa shape index (κ2) is 7.93. The Hall–Kier alpha value is -3.42. The zero-order valence-electron chi connectivity index (χ0n) is 17.5. The summed E-state index contributed by atoms with van der Waals surface area (Å²) in [4.78, 5) is 50.6. The SMILES string of the molecule is CC(=O)c1ccccc1-c1ccc(C(=O)CN2C(=O)NC3(CCC(F)(F)CC3)C2=O)cc1. The molecule has 1 aliphatic heterocycles. The van der Waals surface area contributed by atoms with Gasteiger partial charge in [-0.05, 0) is 30.9 Å². The Morgan fingerprint density at radius 2 is 1.59 bits per heavy atom. The summed E-state index contributed by atoms with van der Waals surface area (Å²) in [6.45, 7) is 1.02. The highest BCUT2D eigenvalue weighted by Crippen LogP contribution is 2.41. The van der Waals surface area contributed by atoms with Gasteiger partial charge in [0.15, 0.2) is 11.6 Å². The predicted molar refractivity (Wildman–Crippen MR) is 113 cm³/mol. The number of hydrogen-bond acceptors (Lipinski definition) is 4. The fourth-order valence-corrected chi connectivity index (χ4v) is 4.31. The van der Waals surface area contributed by atoms with Crippen LogP contribution in [-0.2, 0) is 4.79 Å². The van der Waals surface area contributed by atoms with Crippen LogP contribution in [0.2, 0.25) is 0 Å². The Bertz CT molecular complexity index is 1100. The molecule has 6 nitrogen and oxygen atoms in total. The zero-order valence-corrected chi connectivity index (χ0v) is 17.5. The van der Waals surface area contributed by atoms with E-state index in [1.165, 1.54) is 6.92 Å². The number of imide groups is 1. The lowest BCUT2D eigenvalue weighted by molar-refractivity contribution is -0.135. The van der Waals surface area contributed by atoms with Crippen LogP contribution in [0, 0.1) is 0 Å². The number of carbonyl (C=O) groups excluding carboxylic acids is 4. The second-order valence-electron chi connectivity index (χ2n) is 8.36. The first kappa shape index (κ1) is 21.8. The van der Waals surface area contributed by atoms with Gasteiger partial charge in [-0.3, -0.25) is 19.3 Å². The molecule has 0 atom stereocenters. The number of halogens is 2. The van der Waals surface area contributed by atoms with E-state index >= 15 is 0 Å². The first-order valence-corrected chi connectivity index (χ1v) is 10.4. The Morgan fingerprint density at radius 3 is 2.22 bits per heavy atom. The van der Waals surface area contributed by atoms with Crippen LogP contribution in [0.4, 0.5) is 13.6 Å². The summed E-state index contributed by atoms with van der Waals surface area (Å²) >= 11 is 0. The third-order valence-corrected chi connectivity index (χ3v) is 6.21. The van der Waals surface area contributed by atoms with Crippen LogP contribution in [0.15, 0.2) is 48.5 Å². The van der Waals surface area contributed by atoms with Crippen molar-refractivity contribution in [2.45, 2.75) is 44.1 Å². The molecular weight excluding hydrogens is 418 g/mol. The average Bonchev–Trinajstić information content (AvgIpc) is 3.00. The normalized spacial score (nSPS) is 19.2. The van der Waals surface area contributed by atoms with Gasteiger partial charge in [0.1, 0.15) is 5.54 Å². The van der Waals surface area contributed by atoms with E-state index < -0.39 is 48.6 Å². The molecule has 1 spiro atoms. The van der Waals surface area contributed by atoms with Crippen LogP contribution in [0.25, 0.3) is 11.1 Å². The monoisotopic (exact) mass is 440 g/mol. The van der Waals surface area contributed by atoms with E-state index in [0.717, 1.165) is 16.0 Å². The van der Waals surface area contributed by atoms with Gasteiger partial charge in [0.2, 0.25) is 5.92 Å². The van der Waals surface area contributed by atoms with Gasteiger partial charge in [-0.25, -0.2) is 13.6 Å². The summed E-state index contributed by atoms with van der Waals surface area (Å²) in [5.74, 6) is -3.99. The van der Waals surface area contributed by atoms with E-state index in [-0.39, 0.29) is 18.6 Å². The summed E-state index contributed by atoms with van der Waals surface area (Å²) in [5, 5.41) is 2.53. The smallest absolute Gasteiger partial charge is 0.323 e. The number of Topliss-reactive ketones (excluding diaryl/α,β-unsaturated/α-hetero) is 2. The molecule has 2 aromatic rings. The molecule has 166 valence electrons. The van der Waals surface area contributed by atoms with Gasteiger partial charge in [0, 0.05) is 24.0 Å². The van der Waals surface area contributed by atoms with Crippen molar-refractivity contribution in [1.82, 2.24) is 10.2 Å². The van der Waals surface area contributed by atoms with E-state index in [0.29, 0.717) is 11.1 Å². The second-order valence-corrected chi connectivity index (χ2v) is 8.36. The third-order valence-electron chi connectivity index (χ3n) is 6.21. The molecule has 0 aromatic heterocycles. The molecule has 1 saturated carbocycles. The van der Waals surface area contributed by atoms with Gasteiger partial charge < -0.3 is 5.32 Å². The number of nitrogens with zero attached hydrogens (tertiary/aromatic N) is 1. The minimum atomic E-state index is -2.84. The molecule has 4 rings (SSSR count). The van der Waals surface area contributed by atoms with Gasteiger partial charge in [-0.2, -0.15) is 0 Å². The number of carbonyl (C=O) groups is 4. The van der Waals surface area contributed by atoms with Crippen molar-refractivity contribution < 1.29 is 28.0 Å². The maximum Gasteiger partial charge on any atom is 0.325 e. The standard InChI is InChI=1S/C24H22F2N2O4/c1-15(29)18-4-2-3-5-19(18)16-6-8-17(9-7-16)20(30)14-28-21(31)23(27-22(28)32)10-12-24(25,26)13-11-23/h2-9H,10-14H2,1H3,(H,27,32). The molecule has 1 saturated heterocycles. The van der Waals surface area contributed by atoms with E-state index in [1.807, 2.05) is 12.1 Å². The molecule has 1 aliphatic carbocycles. The highest BCUT2D eigenvalue weighted by atomic mass is 19.3. The van der Waals surface area contributed by atoms with Crippen LogP contribution in [0.1, 0.15) is 53.3 Å². The van der Waals surface area contributed by atoms with Crippen LogP contribution < -0.4 is 5.32 Å². The molecular formula is C24H22F2N2O4. The van der Waals surface area contributed by atoms with E-state index in [9.17, 15) is 28.0 Å². The first-order valence-electron chi connectivity index (χ1n) is 10.4. The van der Waals surface area contributed by atoms with Gasteiger partial charge in [-0.1, -0.05) is 48.5 Å². The number of hydrogen-bond donors (Lipinski definition) is 1. The van der Waals surface area contributed by atoms with Gasteiger partial charge >= 0.3 is 6.03 Å². The largest absolute Gasteiger partial charge is 0.325 e. The van der Waals surface area contributed by atoms with Crippen molar-refractivity contribution in [1.29, 1.82) is 0 Å². The Kier molecular flexibility index (Phi) is 5.40. The van der Waals surface area contributed by atoms with Crippen molar-refractivity contribution in [3.8, 4) is 11.1 Å². The lowest BCUT2D eigenvalue weighted by Crippen LogP contribution is -2.51. The van der Waals surface area contributed by atoms with Gasteiger partial charge in [0.25, 0.3) is 5.91 Å². The molecule has 0 bridgehead atoms. The van der Waals surface area contributed by atoms with Crippen molar-refractivity contribution >= 4 is 23.5 Å². The average molecular weight is 440 g/mol. The number of nitrogens with one attached hydrogen (secondary N) is 1. The fraction of sp³-hybridized carbons (Fsp3) is 0.333. The highest BCUT2D eigenvalue weighted by molar-refractivity contribution is 6.11. The van der Waals surface area contributed by atoms with Gasteiger partial charge in [-0.15, -0.1) is 0 Å². The zero-order chi connectivity index (χ0) is 23.1. The molecule has 8 heteroatoms. The molecule has 0 unspecified atom stereocenters. The number of alkyl halides is 2. The summed E-state index contributed by atoms with van der Waals surface area (Å²) < 4.78 is 27.0. The van der Waals surface area contributed by atoms with E-state index in [1.54, 1.807) is 36.4 Å². The number of ketones is 2. The summed E-state index contributed by atoms with van der Waals surface area (Å²) in [7, 11) is 0.